The Hall–Kier alpha value is -3.08. The van der Waals surface area contributed by atoms with E-state index in [0.29, 0.717) is 12.0 Å². The average molecular weight is 525 g/mol. The second-order valence-electron chi connectivity index (χ2n) is 8.41. The van der Waals surface area contributed by atoms with Crippen LogP contribution in [0.5, 0.6) is 0 Å². The van der Waals surface area contributed by atoms with Crippen molar-refractivity contribution in [2.45, 2.75) is 44.5 Å². The number of likely N-dealkylation sites (N-methyl/N-ethyl adjacent to an activating group) is 1. The first kappa shape index (κ1) is 29.2. The zero-order chi connectivity index (χ0) is 25.7. The van der Waals surface area contributed by atoms with Crippen LogP contribution in [0.15, 0.2) is 42.5 Å². The van der Waals surface area contributed by atoms with Gasteiger partial charge in [-0.25, -0.2) is 8.78 Å². The molecule has 3 amide bonds. The summed E-state index contributed by atoms with van der Waals surface area (Å²) in [5, 5.41) is 7.82. The molecule has 0 spiro atoms. The first-order valence-electron chi connectivity index (χ1n) is 11.3. The minimum atomic E-state index is -1.17. The maximum atomic E-state index is 14.3. The van der Waals surface area contributed by atoms with Gasteiger partial charge < -0.3 is 25.6 Å². The van der Waals surface area contributed by atoms with Gasteiger partial charge in [0.15, 0.2) is 0 Å². The Morgan fingerprint density at radius 2 is 1.69 bits per heavy atom. The van der Waals surface area contributed by atoms with E-state index in [2.05, 4.69) is 16.0 Å². The molecular formula is C25H31ClF2N4O4. The second kappa shape index (κ2) is 12.8. The van der Waals surface area contributed by atoms with Crippen LogP contribution in [-0.4, -0.2) is 61.5 Å². The molecule has 1 heterocycles. The van der Waals surface area contributed by atoms with Crippen LogP contribution in [0.25, 0.3) is 0 Å². The standard InChI is InChI=1S/C25H30F2N4O4.ClH/c1-14(28-3)23(32)29-20(15(2)35-4)25(34)31-13-12-16-8-5-6-9-17(16)22(31)24(33)30-21-18(26)10-7-11-19(21)27;/h5-11,14-15,20,22,28H,12-13H2,1-4H3,(H,29,32)(H,30,33);1H/t14-,15+,20-,22-;/m0./s1. The zero-order valence-corrected chi connectivity index (χ0v) is 21.3. The van der Waals surface area contributed by atoms with Gasteiger partial charge in [0.2, 0.25) is 11.8 Å². The molecule has 2 aromatic carbocycles. The average Bonchev–Trinajstić information content (AvgIpc) is 2.87. The van der Waals surface area contributed by atoms with Gasteiger partial charge in [-0.1, -0.05) is 30.3 Å². The van der Waals surface area contributed by atoms with Crippen LogP contribution in [0.1, 0.15) is 31.0 Å². The van der Waals surface area contributed by atoms with Crippen molar-refractivity contribution in [3.63, 3.8) is 0 Å². The monoisotopic (exact) mass is 524 g/mol. The van der Waals surface area contributed by atoms with Crippen LogP contribution >= 0.6 is 12.4 Å². The molecule has 0 saturated heterocycles. The molecule has 3 rings (SSSR count). The van der Waals surface area contributed by atoms with E-state index in [1.807, 2.05) is 12.1 Å². The Morgan fingerprint density at radius 1 is 1.06 bits per heavy atom. The molecule has 0 saturated carbocycles. The molecule has 0 aliphatic carbocycles. The number of ether oxygens (including phenoxy) is 1. The quantitative estimate of drug-likeness (QED) is 0.493. The summed E-state index contributed by atoms with van der Waals surface area (Å²) in [4.78, 5) is 41.0. The normalized spacial score (nSPS) is 17.2. The fourth-order valence-electron chi connectivity index (χ4n) is 4.00. The van der Waals surface area contributed by atoms with Crippen LogP contribution < -0.4 is 16.0 Å². The fraction of sp³-hybridized carbons (Fsp3) is 0.400. The number of hydrogen-bond acceptors (Lipinski definition) is 5. The highest BCUT2D eigenvalue weighted by atomic mass is 35.5. The van der Waals surface area contributed by atoms with Crippen molar-refractivity contribution >= 4 is 35.8 Å². The predicted octanol–water partition coefficient (Wildman–Crippen LogP) is 2.58. The van der Waals surface area contributed by atoms with Crippen molar-refractivity contribution in [3.8, 4) is 0 Å². The Balaban J connectivity index is 0.00000456. The number of para-hydroxylation sites is 1. The van der Waals surface area contributed by atoms with Crippen molar-refractivity contribution in [1.82, 2.24) is 15.5 Å². The topological polar surface area (TPSA) is 99.8 Å². The van der Waals surface area contributed by atoms with Gasteiger partial charge in [-0.15, -0.1) is 12.4 Å². The molecule has 0 fully saturated rings. The van der Waals surface area contributed by atoms with Gasteiger partial charge in [-0.3, -0.25) is 14.4 Å². The number of nitrogens with zero attached hydrogens (tertiary/aromatic N) is 1. The first-order chi connectivity index (χ1) is 16.7. The lowest BCUT2D eigenvalue weighted by atomic mass is 9.91. The smallest absolute Gasteiger partial charge is 0.251 e. The van der Waals surface area contributed by atoms with E-state index < -0.39 is 59.3 Å². The number of rotatable bonds is 8. The van der Waals surface area contributed by atoms with E-state index in [-0.39, 0.29) is 19.0 Å². The highest BCUT2D eigenvalue weighted by Crippen LogP contribution is 2.32. The number of amides is 3. The molecule has 3 N–H and O–H groups in total. The maximum Gasteiger partial charge on any atom is 0.251 e. The molecule has 0 radical (unpaired) electrons. The zero-order valence-electron chi connectivity index (χ0n) is 20.5. The fourth-order valence-corrected chi connectivity index (χ4v) is 4.00. The number of hydrogen-bond donors (Lipinski definition) is 3. The lowest BCUT2D eigenvalue weighted by Gasteiger charge is -2.39. The van der Waals surface area contributed by atoms with E-state index in [4.69, 9.17) is 4.74 Å². The Bertz CT molecular complexity index is 1080. The molecule has 0 aromatic heterocycles. The van der Waals surface area contributed by atoms with Crippen molar-refractivity contribution in [2.24, 2.45) is 0 Å². The number of carbonyl (C=O) groups is 3. The molecule has 36 heavy (non-hydrogen) atoms. The van der Waals surface area contributed by atoms with Crippen LogP contribution in [0.2, 0.25) is 0 Å². The third-order valence-corrected chi connectivity index (χ3v) is 6.26. The van der Waals surface area contributed by atoms with E-state index in [1.54, 1.807) is 33.0 Å². The third kappa shape index (κ3) is 6.18. The summed E-state index contributed by atoms with van der Waals surface area (Å²) in [7, 11) is 3.03. The second-order valence-corrected chi connectivity index (χ2v) is 8.41. The highest BCUT2D eigenvalue weighted by molar-refractivity contribution is 6.00. The number of benzene rings is 2. The van der Waals surface area contributed by atoms with Crippen molar-refractivity contribution in [1.29, 1.82) is 0 Å². The van der Waals surface area contributed by atoms with E-state index in [9.17, 15) is 23.2 Å². The molecule has 2 aromatic rings. The third-order valence-electron chi connectivity index (χ3n) is 6.26. The number of carbonyl (C=O) groups excluding carboxylic acids is 3. The van der Waals surface area contributed by atoms with E-state index in [1.165, 1.54) is 18.1 Å². The number of methoxy groups -OCH3 is 1. The highest BCUT2D eigenvalue weighted by Gasteiger charge is 2.41. The number of fused-ring (bicyclic) bond motifs is 1. The minimum absolute atomic E-state index is 0. The predicted molar refractivity (Wildman–Crippen MR) is 134 cm³/mol. The molecule has 1 aliphatic rings. The van der Waals surface area contributed by atoms with Gasteiger partial charge >= 0.3 is 0 Å². The summed E-state index contributed by atoms with van der Waals surface area (Å²) >= 11 is 0. The van der Waals surface area contributed by atoms with Gasteiger partial charge in [0, 0.05) is 13.7 Å². The largest absolute Gasteiger partial charge is 0.379 e. The van der Waals surface area contributed by atoms with Crippen molar-refractivity contribution in [2.75, 3.05) is 26.0 Å². The Labute approximate surface area is 215 Å². The molecule has 196 valence electrons. The summed E-state index contributed by atoms with van der Waals surface area (Å²) in [5.41, 5.74) is 0.792. The van der Waals surface area contributed by atoms with Gasteiger partial charge in [0.1, 0.15) is 29.4 Å². The first-order valence-corrected chi connectivity index (χ1v) is 11.3. The summed E-state index contributed by atoms with van der Waals surface area (Å²) in [6.07, 6.45) is -0.241. The molecule has 11 heteroatoms. The van der Waals surface area contributed by atoms with E-state index in [0.717, 1.165) is 17.7 Å². The Morgan fingerprint density at radius 3 is 2.31 bits per heavy atom. The van der Waals surface area contributed by atoms with Gasteiger partial charge in [0.25, 0.3) is 5.91 Å². The molecule has 0 bridgehead atoms. The molecule has 8 nitrogen and oxygen atoms in total. The molecular weight excluding hydrogens is 494 g/mol. The van der Waals surface area contributed by atoms with Crippen molar-refractivity contribution < 1.29 is 27.9 Å². The summed E-state index contributed by atoms with van der Waals surface area (Å²) in [6.45, 7) is 3.44. The van der Waals surface area contributed by atoms with Crippen molar-refractivity contribution in [3.05, 3.63) is 65.2 Å². The van der Waals surface area contributed by atoms with Gasteiger partial charge in [0.05, 0.1) is 12.1 Å². The molecule has 4 atom stereocenters. The minimum Gasteiger partial charge on any atom is -0.379 e. The summed E-state index contributed by atoms with van der Waals surface area (Å²) < 4.78 is 33.9. The maximum absolute atomic E-state index is 14.3. The van der Waals surface area contributed by atoms with Gasteiger partial charge in [-0.2, -0.15) is 0 Å². The van der Waals surface area contributed by atoms with Crippen LogP contribution in [0, 0.1) is 11.6 Å². The number of anilines is 1. The van der Waals surface area contributed by atoms with Crippen LogP contribution in [0.3, 0.4) is 0 Å². The van der Waals surface area contributed by atoms with Crippen LogP contribution in [0.4, 0.5) is 14.5 Å². The number of halogens is 3. The lowest BCUT2D eigenvalue weighted by Crippen LogP contribution is -2.59. The summed E-state index contributed by atoms with van der Waals surface area (Å²) in [6, 6.07) is 7.51. The lowest BCUT2D eigenvalue weighted by molar-refractivity contribution is -0.146. The molecule has 0 unspecified atom stereocenters. The van der Waals surface area contributed by atoms with Gasteiger partial charge in [-0.05, 0) is 50.6 Å². The van der Waals surface area contributed by atoms with Crippen LogP contribution in [-0.2, 0) is 25.5 Å². The Kier molecular flexibility index (Phi) is 10.3. The number of nitrogens with one attached hydrogen (secondary N) is 3. The van der Waals surface area contributed by atoms with E-state index >= 15 is 0 Å². The summed E-state index contributed by atoms with van der Waals surface area (Å²) in [5.74, 6) is -3.59. The SMILES string of the molecule is CN[C@@H](C)C(=O)N[C@H](C(=O)N1CCc2ccccc2[C@H]1C(=O)Nc1c(F)cccc1F)[C@@H](C)OC.Cl. The molecule has 1 aliphatic heterocycles.